The van der Waals surface area contributed by atoms with Gasteiger partial charge in [0.15, 0.2) is 5.76 Å². The van der Waals surface area contributed by atoms with Crippen molar-refractivity contribution >= 4 is 5.78 Å². The van der Waals surface area contributed by atoms with E-state index in [9.17, 15) is 4.79 Å². The van der Waals surface area contributed by atoms with Crippen LogP contribution in [0, 0.1) is 6.92 Å². The Morgan fingerprint density at radius 3 is 2.90 bits per heavy atom. The Morgan fingerprint density at radius 2 is 2.40 bits per heavy atom. The quantitative estimate of drug-likeness (QED) is 0.540. The van der Waals surface area contributed by atoms with Crippen molar-refractivity contribution in [3.8, 4) is 0 Å². The van der Waals surface area contributed by atoms with Gasteiger partial charge >= 0.3 is 0 Å². The standard InChI is InChI=1S/C8H8O2/c1-6-3-4-7(9)8(5-6)10-2/h1,3,5H,4H2,2H3. The second-order valence-electron chi connectivity index (χ2n) is 2.04. The third-order valence-electron chi connectivity index (χ3n) is 1.32. The lowest BCUT2D eigenvalue weighted by Crippen LogP contribution is -2.06. The summed E-state index contributed by atoms with van der Waals surface area (Å²) in [4.78, 5) is 10.9. The fraction of sp³-hybridized carbons (Fsp3) is 0.250. The Morgan fingerprint density at radius 1 is 1.70 bits per heavy atom. The van der Waals surface area contributed by atoms with E-state index in [0.717, 1.165) is 0 Å². The molecule has 0 unspecified atom stereocenters. The average molecular weight is 136 g/mol. The number of rotatable bonds is 1. The van der Waals surface area contributed by atoms with Crippen LogP contribution in [-0.4, -0.2) is 12.9 Å². The highest BCUT2D eigenvalue weighted by molar-refractivity contribution is 5.96. The number of allylic oxidation sites excluding steroid dienone is 4. The van der Waals surface area contributed by atoms with Crippen molar-refractivity contribution in [2.24, 2.45) is 0 Å². The maximum atomic E-state index is 10.9. The minimum Gasteiger partial charge on any atom is -0.493 e. The summed E-state index contributed by atoms with van der Waals surface area (Å²) in [6.45, 7) is 5.42. The normalized spacial score (nSPS) is 18.0. The van der Waals surface area contributed by atoms with Gasteiger partial charge in [-0.2, -0.15) is 0 Å². The van der Waals surface area contributed by atoms with Gasteiger partial charge < -0.3 is 4.74 Å². The molecular weight excluding hydrogens is 128 g/mol. The molecule has 1 aliphatic rings. The van der Waals surface area contributed by atoms with Gasteiger partial charge in [-0.05, 0) is 18.6 Å². The van der Waals surface area contributed by atoms with Crippen molar-refractivity contribution in [2.75, 3.05) is 7.11 Å². The van der Waals surface area contributed by atoms with Crippen LogP contribution < -0.4 is 0 Å². The van der Waals surface area contributed by atoms with E-state index in [1.165, 1.54) is 13.2 Å². The zero-order valence-electron chi connectivity index (χ0n) is 5.76. The van der Waals surface area contributed by atoms with Crippen molar-refractivity contribution in [1.29, 1.82) is 0 Å². The Balaban J connectivity index is 2.83. The molecule has 0 heterocycles. The van der Waals surface area contributed by atoms with Crippen molar-refractivity contribution in [2.45, 2.75) is 6.42 Å². The fourth-order valence-electron chi connectivity index (χ4n) is 0.775. The van der Waals surface area contributed by atoms with Crippen LogP contribution in [0.1, 0.15) is 6.42 Å². The molecule has 0 aromatic carbocycles. The molecule has 0 saturated carbocycles. The maximum Gasteiger partial charge on any atom is 0.201 e. The van der Waals surface area contributed by atoms with Gasteiger partial charge in [-0.25, -0.2) is 0 Å². The monoisotopic (exact) mass is 136 g/mol. The van der Waals surface area contributed by atoms with Crippen LogP contribution in [0.25, 0.3) is 0 Å². The molecule has 0 spiro atoms. The molecule has 0 aliphatic heterocycles. The molecule has 1 aliphatic carbocycles. The largest absolute Gasteiger partial charge is 0.493 e. The highest BCUT2D eigenvalue weighted by atomic mass is 16.5. The molecule has 2 heteroatoms. The fourth-order valence-corrected chi connectivity index (χ4v) is 0.775. The minimum absolute atomic E-state index is 0.0169. The lowest BCUT2D eigenvalue weighted by atomic mass is 10.1. The topological polar surface area (TPSA) is 26.3 Å². The number of hydrogen-bond acceptors (Lipinski definition) is 2. The summed E-state index contributed by atoms with van der Waals surface area (Å²) in [7, 11) is 1.46. The minimum atomic E-state index is -0.0169. The van der Waals surface area contributed by atoms with E-state index in [-0.39, 0.29) is 5.78 Å². The molecule has 0 bridgehead atoms. The van der Waals surface area contributed by atoms with Gasteiger partial charge in [-0.15, -0.1) is 0 Å². The Labute approximate surface area is 60.2 Å². The first-order chi connectivity index (χ1) is 4.74. The summed E-state index contributed by atoms with van der Waals surface area (Å²) in [5.74, 6) is 0.330. The number of ketones is 1. The molecule has 10 heavy (non-hydrogen) atoms. The Bertz CT molecular complexity index is 211. The summed E-state index contributed by atoms with van der Waals surface area (Å²) >= 11 is 0. The van der Waals surface area contributed by atoms with Gasteiger partial charge in [0.05, 0.1) is 7.11 Å². The number of hydrogen-bond donors (Lipinski definition) is 0. The maximum absolute atomic E-state index is 10.9. The van der Waals surface area contributed by atoms with E-state index in [2.05, 4.69) is 0 Å². The number of ether oxygens (including phenoxy) is 1. The van der Waals surface area contributed by atoms with Crippen LogP contribution in [0.3, 0.4) is 0 Å². The van der Waals surface area contributed by atoms with Crippen LogP contribution in [0.15, 0.2) is 23.5 Å². The number of Topliss-reactive ketones (excluding diaryl/α,β-unsaturated/α-hetero) is 1. The first-order valence-corrected chi connectivity index (χ1v) is 2.98. The van der Waals surface area contributed by atoms with Crippen molar-refractivity contribution in [3.05, 3.63) is 30.4 Å². The molecule has 0 atom stereocenters. The first-order valence-electron chi connectivity index (χ1n) is 2.98. The van der Waals surface area contributed by atoms with Gasteiger partial charge in [-0.1, -0.05) is 6.08 Å². The van der Waals surface area contributed by atoms with Crippen LogP contribution in [0.2, 0.25) is 0 Å². The Hall–Kier alpha value is -1.05. The number of methoxy groups -OCH3 is 1. The molecule has 0 fully saturated rings. The summed E-state index contributed by atoms with van der Waals surface area (Å²) in [5.41, 5.74) is 0.594. The molecule has 0 saturated heterocycles. The van der Waals surface area contributed by atoms with Crippen LogP contribution in [0.5, 0.6) is 0 Å². The molecular formula is C8H8O2. The summed E-state index contributed by atoms with van der Waals surface area (Å²) in [5, 5.41) is 0. The third kappa shape index (κ3) is 1.26. The van der Waals surface area contributed by atoms with Crippen molar-refractivity contribution in [1.82, 2.24) is 0 Å². The van der Waals surface area contributed by atoms with Gasteiger partial charge in [0.1, 0.15) is 0 Å². The van der Waals surface area contributed by atoms with Crippen molar-refractivity contribution < 1.29 is 9.53 Å². The molecule has 0 aromatic heterocycles. The summed E-state index contributed by atoms with van der Waals surface area (Å²) < 4.78 is 4.76. The smallest absolute Gasteiger partial charge is 0.201 e. The second-order valence-corrected chi connectivity index (χ2v) is 2.04. The summed E-state index contributed by atoms with van der Waals surface area (Å²) in [6, 6.07) is 0. The average Bonchev–Trinajstić information content (AvgIpc) is 1.94. The van der Waals surface area contributed by atoms with E-state index >= 15 is 0 Å². The predicted octanol–water partition coefficient (Wildman–Crippen LogP) is 1.13. The molecule has 52 valence electrons. The van der Waals surface area contributed by atoms with Crippen molar-refractivity contribution in [3.63, 3.8) is 0 Å². The van der Waals surface area contributed by atoms with E-state index in [1.54, 1.807) is 6.08 Å². The highest BCUT2D eigenvalue weighted by Gasteiger charge is 2.11. The molecule has 0 aromatic rings. The first kappa shape index (κ1) is 7.06. The van der Waals surface area contributed by atoms with Gasteiger partial charge in [0.2, 0.25) is 5.78 Å². The van der Waals surface area contributed by atoms with E-state index < -0.39 is 0 Å². The van der Waals surface area contributed by atoms with Crippen LogP contribution in [0.4, 0.5) is 0 Å². The molecule has 2 radical (unpaired) electrons. The Kier molecular flexibility index (Phi) is 1.90. The zero-order valence-corrected chi connectivity index (χ0v) is 5.76. The van der Waals surface area contributed by atoms with E-state index in [1.807, 2.05) is 0 Å². The van der Waals surface area contributed by atoms with Crippen LogP contribution in [-0.2, 0) is 9.53 Å². The highest BCUT2D eigenvalue weighted by Crippen LogP contribution is 2.12. The lowest BCUT2D eigenvalue weighted by molar-refractivity contribution is -0.117. The van der Waals surface area contributed by atoms with E-state index in [4.69, 9.17) is 11.7 Å². The van der Waals surface area contributed by atoms with Gasteiger partial charge in [0, 0.05) is 6.42 Å². The van der Waals surface area contributed by atoms with E-state index in [0.29, 0.717) is 17.8 Å². The molecule has 0 amide bonds. The zero-order chi connectivity index (χ0) is 7.56. The molecule has 0 N–H and O–H groups in total. The predicted molar refractivity (Wildman–Crippen MR) is 37.1 cm³/mol. The van der Waals surface area contributed by atoms with Crippen LogP contribution >= 0.6 is 0 Å². The lowest BCUT2D eigenvalue weighted by Gasteiger charge is -2.07. The number of carbonyl (C=O) groups is 1. The third-order valence-corrected chi connectivity index (χ3v) is 1.32. The number of carbonyl (C=O) groups excluding carboxylic acids is 1. The molecule has 1 rings (SSSR count). The second kappa shape index (κ2) is 2.69. The molecule has 2 nitrogen and oxygen atoms in total. The SMILES string of the molecule is [CH]C1=CCC(=O)C(OC)=C1. The van der Waals surface area contributed by atoms with Gasteiger partial charge in [0.25, 0.3) is 0 Å². The van der Waals surface area contributed by atoms with Gasteiger partial charge in [-0.3, -0.25) is 4.79 Å². The summed E-state index contributed by atoms with van der Waals surface area (Å²) in [6.07, 6.45) is 3.56.